The molecule has 122 valence electrons. The van der Waals surface area contributed by atoms with Crippen molar-refractivity contribution >= 4 is 11.7 Å². The molecule has 0 saturated carbocycles. The van der Waals surface area contributed by atoms with Gasteiger partial charge in [-0.15, -0.1) is 0 Å². The predicted octanol–water partition coefficient (Wildman–Crippen LogP) is 3.21. The Labute approximate surface area is 145 Å². The maximum Gasteiger partial charge on any atom is 0.222 e. The van der Waals surface area contributed by atoms with Gasteiger partial charge < -0.3 is 10.4 Å². The van der Waals surface area contributed by atoms with E-state index in [1.165, 1.54) is 6.92 Å². The molecule has 1 heterocycles. The molecule has 5 nitrogen and oxygen atoms in total. The Hall–Kier alpha value is -3.65. The number of anilines is 1. The molecule has 5 heteroatoms. The molecule has 2 N–H and O–H groups in total. The molecule has 0 spiro atoms. The van der Waals surface area contributed by atoms with Gasteiger partial charge in [0.05, 0.1) is 11.9 Å². The predicted molar refractivity (Wildman–Crippen MR) is 95.9 cm³/mol. The molecule has 3 aromatic rings. The van der Waals surface area contributed by atoms with Crippen LogP contribution < -0.4 is 5.32 Å². The van der Waals surface area contributed by atoms with E-state index in [1.54, 1.807) is 30.5 Å². The number of carbonyl (C=O) groups is 1. The van der Waals surface area contributed by atoms with Crippen molar-refractivity contribution in [1.29, 1.82) is 0 Å². The van der Waals surface area contributed by atoms with E-state index >= 15 is 0 Å². The molecular weight excluding hydrogens is 314 g/mol. The molecule has 1 amide bonds. The van der Waals surface area contributed by atoms with E-state index in [4.69, 9.17) is 0 Å². The number of phenols is 1. The molecule has 0 aliphatic heterocycles. The van der Waals surface area contributed by atoms with Crippen LogP contribution in [0.15, 0.2) is 60.8 Å². The van der Waals surface area contributed by atoms with Crippen LogP contribution in [0.2, 0.25) is 0 Å². The van der Waals surface area contributed by atoms with E-state index in [0.29, 0.717) is 17.2 Å². The topological polar surface area (TPSA) is 75.1 Å². The average Bonchev–Trinajstić information content (AvgIpc) is 2.62. The van der Waals surface area contributed by atoms with E-state index < -0.39 is 0 Å². The van der Waals surface area contributed by atoms with Gasteiger partial charge in [-0.3, -0.25) is 4.79 Å². The smallest absolute Gasteiger partial charge is 0.222 e. The quantitative estimate of drug-likeness (QED) is 0.708. The van der Waals surface area contributed by atoms with E-state index in [-0.39, 0.29) is 11.7 Å². The molecular formula is C20H15N3O2. The van der Waals surface area contributed by atoms with Crippen molar-refractivity contribution in [2.45, 2.75) is 6.92 Å². The molecule has 3 rings (SSSR count). The number of aromatic hydroxyl groups is 1. The zero-order valence-corrected chi connectivity index (χ0v) is 13.5. The minimum absolute atomic E-state index is 0.177. The van der Waals surface area contributed by atoms with Gasteiger partial charge in [0.2, 0.25) is 5.91 Å². The Kier molecular flexibility index (Phi) is 4.72. The Bertz CT molecular complexity index is 956. The molecule has 0 unspecified atom stereocenters. The Morgan fingerprint density at radius 3 is 2.44 bits per heavy atom. The van der Waals surface area contributed by atoms with Gasteiger partial charge >= 0.3 is 0 Å². The summed E-state index contributed by atoms with van der Waals surface area (Å²) in [7, 11) is 0. The largest absolute Gasteiger partial charge is 0.508 e. The molecule has 0 atom stereocenters. The number of aromatic nitrogens is 2. The van der Waals surface area contributed by atoms with Gasteiger partial charge in [0.25, 0.3) is 0 Å². The number of carbonyl (C=O) groups excluding carboxylic acids is 1. The third kappa shape index (κ3) is 4.21. The maximum atomic E-state index is 11.4. The minimum Gasteiger partial charge on any atom is -0.508 e. The van der Waals surface area contributed by atoms with E-state index in [0.717, 1.165) is 11.1 Å². The van der Waals surface area contributed by atoms with Gasteiger partial charge in [-0.05, 0) is 42.3 Å². The second-order valence-electron chi connectivity index (χ2n) is 5.30. The third-order valence-electron chi connectivity index (χ3n) is 3.33. The van der Waals surface area contributed by atoms with Crippen LogP contribution in [0.3, 0.4) is 0 Å². The van der Waals surface area contributed by atoms with Gasteiger partial charge in [-0.2, -0.15) is 0 Å². The molecule has 0 saturated heterocycles. The second kappa shape index (κ2) is 7.28. The first kappa shape index (κ1) is 16.2. The highest BCUT2D eigenvalue weighted by Gasteiger charge is 2.09. The summed E-state index contributed by atoms with van der Waals surface area (Å²) in [6, 6.07) is 16.1. The highest BCUT2D eigenvalue weighted by Crippen LogP contribution is 2.21. The summed E-state index contributed by atoms with van der Waals surface area (Å²) in [4.78, 5) is 20.2. The third-order valence-corrected chi connectivity index (χ3v) is 3.33. The number of hydrogen-bond acceptors (Lipinski definition) is 4. The molecule has 0 radical (unpaired) electrons. The van der Waals surface area contributed by atoms with Gasteiger partial charge in [0.15, 0.2) is 11.5 Å². The number of amides is 1. The number of benzene rings is 2. The summed E-state index contributed by atoms with van der Waals surface area (Å²) in [6.45, 7) is 1.41. The van der Waals surface area contributed by atoms with Crippen LogP contribution in [0.25, 0.3) is 11.3 Å². The van der Waals surface area contributed by atoms with Crippen molar-refractivity contribution in [1.82, 2.24) is 9.97 Å². The van der Waals surface area contributed by atoms with Crippen LogP contribution in [-0.4, -0.2) is 21.0 Å². The maximum absolute atomic E-state index is 11.4. The van der Waals surface area contributed by atoms with Crippen LogP contribution in [-0.2, 0) is 4.79 Å². The second-order valence-corrected chi connectivity index (χ2v) is 5.30. The summed E-state index contributed by atoms with van der Waals surface area (Å²) >= 11 is 0. The van der Waals surface area contributed by atoms with Crippen molar-refractivity contribution in [3.63, 3.8) is 0 Å². The zero-order valence-electron chi connectivity index (χ0n) is 13.5. The fraction of sp³-hybridized carbons (Fsp3) is 0.0500. The first-order valence-corrected chi connectivity index (χ1v) is 7.63. The monoisotopic (exact) mass is 329 g/mol. The van der Waals surface area contributed by atoms with Crippen molar-refractivity contribution < 1.29 is 9.90 Å². The van der Waals surface area contributed by atoms with Gasteiger partial charge in [0, 0.05) is 18.1 Å². The molecule has 0 aliphatic rings. The molecule has 0 fully saturated rings. The number of phenolic OH excluding ortho intramolecular Hbond substituents is 1. The Balaban J connectivity index is 2.03. The van der Waals surface area contributed by atoms with Crippen LogP contribution in [0.4, 0.5) is 5.82 Å². The van der Waals surface area contributed by atoms with Gasteiger partial charge in [-0.1, -0.05) is 24.1 Å². The zero-order chi connectivity index (χ0) is 17.6. The normalized spacial score (nSPS) is 9.80. The molecule has 2 aromatic carbocycles. The van der Waals surface area contributed by atoms with Crippen LogP contribution >= 0.6 is 0 Å². The van der Waals surface area contributed by atoms with Crippen molar-refractivity contribution in [2.75, 3.05) is 5.32 Å². The molecule has 0 aliphatic carbocycles. The number of nitrogens with one attached hydrogen (secondary N) is 1. The molecule has 1 aromatic heterocycles. The van der Waals surface area contributed by atoms with Crippen LogP contribution in [0.5, 0.6) is 5.75 Å². The first-order chi connectivity index (χ1) is 12.1. The van der Waals surface area contributed by atoms with E-state index in [9.17, 15) is 9.90 Å². The first-order valence-electron chi connectivity index (χ1n) is 7.63. The minimum atomic E-state index is -0.241. The summed E-state index contributed by atoms with van der Waals surface area (Å²) in [5, 5.41) is 12.0. The van der Waals surface area contributed by atoms with Crippen LogP contribution in [0.1, 0.15) is 18.2 Å². The highest BCUT2D eigenvalue weighted by atomic mass is 16.3. The summed E-state index contributed by atoms with van der Waals surface area (Å²) < 4.78 is 0. The van der Waals surface area contributed by atoms with Crippen molar-refractivity contribution in [3.05, 3.63) is 72.1 Å². The Morgan fingerprint density at radius 2 is 1.76 bits per heavy atom. The van der Waals surface area contributed by atoms with Crippen molar-refractivity contribution in [2.24, 2.45) is 0 Å². The lowest BCUT2D eigenvalue weighted by molar-refractivity contribution is -0.114. The number of hydrogen-bond donors (Lipinski definition) is 2. The lowest BCUT2D eigenvalue weighted by atomic mass is 10.1. The fourth-order valence-electron chi connectivity index (χ4n) is 2.16. The van der Waals surface area contributed by atoms with Crippen LogP contribution in [0, 0.1) is 11.8 Å². The standard InChI is InChI=1S/C20H15N3O2/c1-14(24)22-20-18(12-7-15-5-3-2-4-6-15)23-19(13-21-20)16-8-10-17(25)11-9-16/h2-6,8-11,13,25H,1H3,(H,21,22,24). The molecule has 0 bridgehead atoms. The average molecular weight is 329 g/mol. The van der Waals surface area contributed by atoms with Gasteiger partial charge in [-0.25, -0.2) is 9.97 Å². The summed E-state index contributed by atoms with van der Waals surface area (Å²) in [5.41, 5.74) is 2.62. The number of rotatable bonds is 2. The molecule has 25 heavy (non-hydrogen) atoms. The summed E-state index contributed by atoms with van der Waals surface area (Å²) in [5.74, 6) is 6.24. The van der Waals surface area contributed by atoms with Crippen molar-refractivity contribution in [3.8, 4) is 28.8 Å². The highest BCUT2D eigenvalue weighted by molar-refractivity contribution is 5.88. The lowest BCUT2D eigenvalue weighted by Crippen LogP contribution is -2.10. The fourth-order valence-corrected chi connectivity index (χ4v) is 2.16. The van der Waals surface area contributed by atoms with E-state index in [2.05, 4.69) is 27.1 Å². The lowest BCUT2D eigenvalue weighted by Gasteiger charge is -2.06. The summed E-state index contributed by atoms with van der Waals surface area (Å²) in [6.07, 6.45) is 1.56. The van der Waals surface area contributed by atoms with E-state index in [1.807, 2.05) is 30.3 Å². The van der Waals surface area contributed by atoms with Gasteiger partial charge in [0.1, 0.15) is 5.75 Å². The Morgan fingerprint density at radius 1 is 1.04 bits per heavy atom. The number of nitrogens with zero attached hydrogens (tertiary/aromatic N) is 2. The SMILES string of the molecule is CC(=O)Nc1ncc(-c2ccc(O)cc2)nc1C#Cc1ccccc1.